The standard InChI is InChI=1S/C21H24N2O4S/c1-14-5-10-18(11-15(14)2)28-13-20(25)27-12-19(24)22-17-8-6-16(7-9-17)21(26)23(3)4/h5-11H,12-13H2,1-4H3,(H,22,24). The molecular weight excluding hydrogens is 376 g/mol. The lowest BCUT2D eigenvalue weighted by Crippen LogP contribution is -2.22. The van der Waals surface area contributed by atoms with E-state index in [4.69, 9.17) is 4.74 Å². The molecule has 0 aliphatic heterocycles. The predicted octanol–water partition coefficient (Wildman–Crippen LogP) is 3.28. The highest BCUT2D eigenvalue weighted by molar-refractivity contribution is 8.00. The number of anilines is 1. The summed E-state index contributed by atoms with van der Waals surface area (Å²) in [6.07, 6.45) is 0. The molecule has 0 heterocycles. The SMILES string of the molecule is Cc1ccc(SCC(=O)OCC(=O)Nc2ccc(C(=O)N(C)C)cc2)cc1C. The molecule has 0 aliphatic rings. The number of amides is 2. The number of aryl methyl sites for hydroxylation is 2. The molecule has 0 aliphatic carbocycles. The van der Waals surface area contributed by atoms with Gasteiger partial charge in [-0.05, 0) is 61.4 Å². The Balaban J connectivity index is 1.76. The van der Waals surface area contributed by atoms with E-state index in [1.165, 1.54) is 22.2 Å². The van der Waals surface area contributed by atoms with Gasteiger partial charge in [0.25, 0.3) is 11.8 Å². The monoisotopic (exact) mass is 400 g/mol. The molecule has 0 radical (unpaired) electrons. The lowest BCUT2D eigenvalue weighted by Gasteiger charge is -2.11. The third kappa shape index (κ3) is 6.42. The minimum atomic E-state index is -0.453. The minimum Gasteiger partial charge on any atom is -0.455 e. The topological polar surface area (TPSA) is 75.7 Å². The van der Waals surface area contributed by atoms with Gasteiger partial charge in [0.15, 0.2) is 6.61 Å². The Hall–Kier alpha value is -2.80. The van der Waals surface area contributed by atoms with Gasteiger partial charge in [0.05, 0.1) is 5.75 Å². The second-order valence-corrected chi connectivity index (χ2v) is 7.57. The maximum absolute atomic E-state index is 11.9. The Kier molecular flexibility index (Phi) is 7.63. The number of ether oxygens (including phenoxy) is 1. The van der Waals surface area contributed by atoms with Crippen molar-refractivity contribution in [2.75, 3.05) is 31.8 Å². The zero-order chi connectivity index (χ0) is 20.7. The van der Waals surface area contributed by atoms with Crippen molar-refractivity contribution in [3.05, 3.63) is 59.2 Å². The van der Waals surface area contributed by atoms with E-state index in [0.717, 1.165) is 10.5 Å². The molecule has 0 bridgehead atoms. The highest BCUT2D eigenvalue weighted by atomic mass is 32.2. The quantitative estimate of drug-likeness (QED) is 0.570. The average molecular weight is 401 g/mol. The van der Waals surface area contributed by atoms with E-state index >= 15 is 0 Å². The molecule has 0 fully saturated rings. The number of benzene rings is 2. The summed E-state index contributed by atoms with van der Waals surface area (Å²) in [7, 11) is 3.34. The number of rotatable bonds is 7. The van der Waals surface area contributed by atoms with Crippen molar-refractivity contribution in [1.82, 2.24) is 4.90 Å². The van der Waals surface area contributed by atoms with Crippen LogP contribution in [0.25, 0.3) is 0 Å². The first kappa shape index (κ1) is 21.5. The van der Waals surface area contributed by atoms with E-state index in [9.17, 15) is 14.4 Å². The van der Waals surface area contributed by atoms with E-state index in [2.05, 4.69) is 5.32 Å². The van der Waals surface area contributed by atoms with Crippen LogP contribution in [-0.2, 0) is 14.3 Å². The third-order valence-electron chi connectivity index (χ3n) is 4.02. The molecule has 6 nitrogen and oxygen atoms in total. The van der Waals surface area contributed by atoms with Crippen molar-refractivity contribution < 1.29 is 19.1 Å². The Bertz CT molecular complexity index is 863. The van der Waals surface area contributed by atoms with Crippen molar-refractivity contribution >= 4 is 35.2 Å². The molecule has 148 valence electrons. The van der Waals surface area contributed by atoms with Crippen LogP contribution in [0.3, 0.4) is 0 Å². The van der Waals surface area contributed by atoms with E-state index in [1.54, 1.807) is 38.4 Å². The smallest absolute Gasteiger partial charge is 0.316 e. The number of nitrogens with zero attached hydrogens (tertiary/aromatic N) is 1. The van der Waals surface area contributed by atoms with Crippen molar-refractivity contribution in [3.8, 4) is 0 Å². The fourth-order valence-electron chi connectivity index (χ4n) is 2.29. The number of hydrogen-bond donors (Lipinski definition) is 1. The Morgan fingerprint density at radius 2 is 1.68 bits per heavy atom. The Labute approximate surface area is 169 Å². The number of hydrogen-bond acceptors (Lipinski definition) is 5. The minimum absolute atomic E-state index is 0.118. The molecule has 2 rings (SSSR count). The summed E-state index contributed by atoms with van der Waals surface area (Å²) < 4.78 is 5.01. The third-order valence-corrected chi connectivity index (χ3v) is 4.99. The van der Waals surface area contributed by atoms with Crippen LogP contribution < -0.4 is 5.32 Å². The van der Waals surface area contributed by atoms with Gasteiger partial charge in [-0.2, -0.15) is 0 Å². The normalized spacial score (nSPS) is 10.3. The number of esters is 1. The lowest BCUT2D eigenvalue weighted by molar-refractivity contribution is -0.144. The Morgan fingerprint density at radius 1 is 1.00 bits per heavy atom. The first-order valence-corrected chi connectivity index (χ1v) is 9.72. The molecular formula is C21H24N2O4S. The first-order chi connectivity index (χ1) is 13.3. The molecule has 2 amide bonds. The van der Waals surface area contributed by atoms with Gasteiger partial charge in [0, 0.05) is 30.2 Å². The second kappa shape index (κ2) is 9.94. The van der Waals surface area contributed by atoms with Crippen LogP contribution in [-0.4, -0.2) is 49.1 Å². The molecule has 0 spiro atoms. The molecule has 0 unspecified atom stereocenters. The summed E-state index contributed by atoms with van der Waals surface area (Å²) in [6, 6.07) is 12.5. The fourth-order valence-corrected chi connectivity index (χ4v) is 3.08. The molecule has 7 heteroatoms. The number of carbonyl (C=O) groups is 3. The van der Waals surface area contributed by atoms with E-state index in [1.807, 2.05) is 32.0 Å². The van der Waals surface area contributed by atoms with Gasteiger partial charge in [0.2, 0.25) is 0 Å². The van der Waals surface area contributed by atoms with E-state index in [0.29, 0.717) is 11.3 Å². The molecule has 0 atom stereocenters. The maximum Gasteiger partial charge on any atom is 0.316 e. The molecule has 28 heavy (non-hydrogen) atoms. The zero-order valence-corrected chi connectivity index (χ0v) is 17.3. The summed E-state index contributed by atoms with van der Waals surface area (Å²) in [5, 5.41) is 2.63. The number of thioether (sulfide) groups is 1. The number of nitrogens with one attached hydrogen (secondary N) is 1. The second-order valence-electron chi connectivity index (χ2n) is 6.52. The molecule has 2 aromatic carbocycles. The van der Waals surface area contributed by atoms with E-state index in [-0.39, 0.29) is 18.3 Å². The molecule has 0 saturated carbocycles. The number of carbonyl (C=O) groups excluding carboxylic acids is 3. The summed E-state index contributed by atoms with van der Waals surface area (Å²) in [5.41, 5.74) is 3.41. The molecule has 1 N–H and O–H groups in total. The Morgan fingerprint density at radius 3 is 2.29 bits per heavy atom. The van der Waals surface area contributed by atoms with Gasteiger partial charge in [-0.1, -0.05) is 6.07 Å². The van der Waals surface area contributed by atoms with Crippen LogP contribution in [0.15, 0.2) is 47.4 Å². The van der Waals surface area contributed by atoms with Crippen LogP contribution in [0, 0.1) is 13.8 Å². The van der Waals surface area contributed by atoms with Crippen molar-refractivity contribution in [2.45, 2.75) is 18.7 Å². The fraction of sp³-hybridized carbons (Fsp3) is 0.286. The van der Waals surface area contributed by atoms with Crippen LogP contribution in [0.4, 0.5) is 5.69 Å². The van der Waals surface area contributed by atoms with Gasteiger partial charge in [-0.15, -0.1) is 11.8 Å². The van der Waals surface area contributed by atoms with Gasteiger partial charge in [-0.3, -0.25) is 14.4 Å². The van der Waals surface area contributed by atoms with Crippen LogP contribution in [0.2, 0.25) is 0 Å². The van der Waals surface area contributed by atoms with Gasteiger partial charge >= 0.3 is 5.97 Å². The summed E-state index contributed by atoms with van der Waals surface area (Å²) >= 11 is 1.37. The van der Waals surface area contributed by atoms with Gasteiger partial charge < -0.3 is 15.0 Å². The van der Waals surface area contributed by atoms with Crippen molar-refractivity contribution in [3.63, 3.8) is 0 Å². The van der Waals surface area contributed by atoms with Gasteiger partial charge in [-0.25, -0.2) is 0 Å². The lowest BCUT2D eigenvalue weighted by atomic mass is 10.1. The van der Waals surface area contributed by atoms with Crippen molar-refractivity contribution in [1.29, 1.82) is 0 Å². The predicted molar refractivity (Wildman–Crippen MR) is 111 cm³/mol. The van der Waals surface area contributed by atoms with Crippen LogP contribution >= 0.6 is 11.8 Å². The first-order valence-electron chi connectivity index (χ1n) is 8.73. The van der Waals surface area contributed by atoms with Gasteiger partial charge in [0.1, 0.15) is 0 Å². The zero-order valence-electron chi connectivity index (χ0n) is 16.4. The maximum atomic E-state index is 11.9. The summed E-state index contributed by atoms with van der Waals surface area (Å²) in [6.45, 7) is 3.69. The molecule has 2 aromatic rings. The highest BCUT2D eigenvalue weighted by Gasteiger charge is 2.11. The molecule has 0 aromatic heterocycles. The largest absolute Gasteiger partial charge is 0.455 e. The van der Waals surface area contributed by atoms with E-state index < -0.39 is 11.9 Å². The summed E-state index contributed by atoms with van der Waals surface area (Å²) in [5.74, 6) is -0.869. The highest BCUT2D eigenvalue weighted by Crippen LogP contribution is 2.21. The van der Waals surface area contributed by atoms with Crippen LogP contribution in [0.5, 0.6) is 0 Å². The summed E-state index contributed by atoms with van der Waals surface area (Å²) in [4.78, 5) is 38.1. The average Bonchev–Trinajstić information content (AvgIpc) is 2.67. The van der Waals surface area contributed by atoms with Crippen LogP contribution in [0.1, 0.15) is 21.5 Å². The van der Waals surface area contributed by atoms with Crippen molar-refractivity contribution in [2.24, 2.45) is 0 Å². The molecule has 0 saturated heterocycles.